The van der Waals surface area contributed by atoms with Gasteiger partial charge in [0.05, 0.1) is 5.92 Å². The molecule has 2 N–H and O–H groups in total. The van der Waals surface area contributed by atoms with Crippen LogP contribution in [-0.4, -0.2) is 39.3 Å². The smallest absolute Gasteiger partial charge is 0.224 e. The Labute approximate surface area is 111 Å². The van der Waals surface area contributed by atoms with Gasteiger partial charge in [-0.05, 0) is 38.6 Å². The number of methoxy groups -OCH3 is 1. The zero-order valence-electron chi connectivity index (χ0n) is 11.8. The summed E-state index contributed by atoms with van der Waals surface area (Å²) >= 11 is 0. The Bertz CT molecular complexity index is 234. The minimum absolute atomic E-state index is 0.169. The van der Waals surface area contributed by atoms with Crippen molar-refractivity contribution < 1.29 is 9.53 Å². The average Bonchev–Trinajstić information content (AvgIpc) is 2.42. The number of hydrogen-bond donors (Lipinski definition) is 2. The van der Waals surface area contributed by atoms with Crippen molar-refractivity contribution in [1.82, 2.24) is 10.6 Å². The van der Waals surface area contributed by atoms with Crippen molar-refractivity contribution in [2.75, 3.05) is 27.3 Å². The molecule has 4 nitrogen and oxygen atoms in total. The largest absolute Gasteiger partial charge is 0.385 e. The molecule has 1 saturated carbocycles. The number of carbonyl (C=O) groups excluding carboxylic acids is 1. The highest BCUT2D eigenvalue weighted by Gasteiger charge is 2.29. The molecule has 2 atom stereocenters. The lowest BCUT2D eigenvalue weighted by atomic mass is 9.84. The Hall–Kier alpha value is -0.610. The van der Waals surface area contributed by atoms with Crippen molar-refractivity contribution in [3.8, 4) is 0 Å². The maximum absolute atomic E-state index is 11.8. The quantitative estimate of drug-likeness (QED) is 0.650. The fraction of sp³-hybridized carbons (Fsp3) is 0.929. The number of nitrogens with one attached hydrogen (secondary N) is 2. The molecular weight excluding hydrogens is 228 g/mol. The fourth-order valence-corrected chi connectivity index (χ4v) is 2.71. The van der Waals surface area contributed by atoms with Gasteiger partial charge in [0.1, 0.15) is 0 Å². The highest BCUT2D eigenvalue weighted by molar-refractivity contribution is 5.79. The van der Waals surface area contributed by atoms with E-state index in [-0.39, 0.29) is 11.8 Å². The Kier molecular flexibility index (Phi) is 8.01. The van der Waals surface area contributed by atoms with Crippen LogP contribution in [0.3, 0.4) is 0 Å². The molecule has 0 saturated heterocycles. The number of carbonyl (C=O) groups is 1. The predicted molar refractivity (Wildman–Crippen MR) is 73.5 cm³/mol. The second-order valence-corrected chi connectivity index (χ2v) is 5.12. The molecule has 1 fully saturated rings. The normalized spacial score (nSPS) is 23.9. The first-order chi connectivity index (χ1) is 8.79. The third-order valence-corrected chi connectivity index (χ3v) is 3.78. The van der Waals surface area contributed by atoms with Crippen LogP contribution in [0.25, 0.3) is 0 Å². The molecule has 1 aliphatic rings. The molecule has 18 heavy (non-hydrogen) atoms. The number of ether oxygens (including phenoxy) is 1. The molecule has 1 amide bonds. The summed E-state index contributed by atoms with van der Waals surface area (Å²) in [5.41, 5.74) is 0. The summed E-state index contributed by atoms with van der Waals surface area (Å²) in [6, 6.07) is 0.376. The van der Waals surface area contributed by atoms with Crippen molar-refractivity contribution in [1.29, 1.82) is 0 Å². The summed E-state index contributed by atoms with van der Waals surface area (Å²) in [7, 11) is 3.48. The molecule has 0 bridgehead atoms. The summed E-state index contributed by atoms with van der Waals surface area (Å²) in [5, 5.41) is 6.35. The Balaban J connectivity index is 2.19. The maximum Gasteiger partial charge on any atom is 0.224 e. The highest BCUT2D eigenvalue weighted by atomic mass is 16.5. The van der Waals surface area contributed by atoms with Gasteiger partial charge in [-0.3, -0.25) is 4.79 Å². The van der Waals surface area contributed by atoms with E-state index in [2.05, 4.69) is 10.6 Å². The molecule has 0 aromatic carbocycles. The maximum atomic E-state index is 11.8. The first-order valence-electron chi connectivity index (χ1n) is 7.23. The fourth-order valence-electron chi connectivity index (χ4n) is 2.71. The van der Waals surface area contributed by atoms with Gasteiger partial charge in [0.2, 0.25) is 5.91 Å². The summed E-state index contributed by atoms with van der Waals surface area (Å²) in [5.74, 6) is 0.370. The molecular formula is C14H28N2O2. The van der Waals surface area contributed by atoms with E-state index < -0.39 is 0 Å². The zero-order valence-corrected chi connectivity index (χ0v) is 11.8. The lowest BCUT2D eigenvalue weighted by Crippen LogP contribution is -2.45. The van der Waals surface area contributed by atoms with Gasteiger partial charge < -0.3 is 15.4 Å². The van der Waals surface area contributed by atoms with Gasteiger partial charge in [-0.25, -0.2) is 0 Å². The Morgan fingerprint density at radius 1 is 1.22 bits per heavy atom. The van der Waals surface area contributed by atoms with E-state index in [9.17, 15) is 4.79 Å². The van der Waals surface area contributed by atoms with Gasteiger partial charge >= 0.3 is 0 Å². The molecule has 106 valence electrons. The molecule has 0 aromatic heterocycles. The van der Waals surface area contributed by atoms with Crippen molar-refractivity contribution >= 4 is 5.91 Å². The average molecular weight is 256 g/mol. The molecule has 0 heterocycles. The third kappa shape index (κ3) is 5.36. The standard InChI is InChI=1S/C14H28N2O2/c1-15-14(17)12-8-4-5-9-13(12)16-10-6-3-7-11-18-2/h12-13,16H,3-11H2,1-2H3,(H,15,17)/t12-,13-/m1/s1. The second kappa shape index (κ2) is 9.34. The lowest BCUT2D eigenvalue weighted by Gasteiger charge is -2.31. The minimum atomic E-state index is 0.169. The summed E-state index contributed by atoms with van der Waals surface area (Å²) < 4.78 is 5.03. The van der Waals surface area contributed by atoms with Gasteiger partial charge in [0.25, 0.3) is 0 Å². The lowest BCUT2D eigenvalue weighted by molar-refractivity contribution is -0.126. The SMILES string of the molecule is CNC(=O)[C@@H]1CCCC[C@H]1NCCCCCOC. The van der Waals surface area contributed by atoms with Crippen LogP contribution in [0.2, 0.25) is 0 Å². The topological polar surface area (TPSA) is 50.4 Å². The molecule has 4 heteroatoms. The Morgan fingerprint density at radius 3 is 2.72 bits per heavy atom. The molecule has 0 radical (unpaired) electrons. The predicted octanol–water partition coefficient (Wildman–Crippen LogP) is 1.70. The van der Waals surface area contributed by atoms with Crippen molar-refractivity contribution in [3.63, 3.8) is 0 Å². The van der Waals surface area contributed by atoms with Crippen LogP contribution in [0.4, 0.5) is 0 Å². The molecule has 0 unspecified atom stereocenters. The van der Waals surface area contributed by atoms with E-state index in [1.165, 1.54) is 25.7 Å². The summed E-state index contributed by atoms with van der Waals surface area (Å²) in [4.78, 5) is 11.8. The number of rotatable bonds is 8. The molecule has 1 aliphatic carbocycles. The van der Waals surface area contributed by atoms with Crippen molar-refractivity contribution in [2.45, 2.75) is 51.0 Å². The van der Waals surface area contributed by atoms with Crippen LogP contribution < -0.4 is 10.6 Å². The van der Waals surface area contributed by atoms with E-state index >= 15 is 0 Å². The van der Waals surface area contributed by atoms with Gasteiger partial charge in [-0.1, -0.05) is 12.8 Å². The van der Waals surface area contributed by atoms with E-state index in [1.54, 1.807) is 14.2 Å². The highest BCUT2D eigenvalue weighted by Crippen LogP contribution is 2.24. The number of unbranched alkanes of at least 4 members (excludes halogenated alkanes) is 2. The number of hydrogen-bond acceptors (Lipinski definition) is 3. The minimum Gasteiger partial charge on any atom is -0.385 e. The van der Waals surface area contributed by atoms with Crippen LogP contribution in [0, 0.1) is 5.92 Å². The van der Waals surface area contributed by atoms with E-state index in [0.717, 1.165) is 32.4 Å². The zero-order chi connectivity index (χ0) is 13.2. The molecule has 0 aromatic rings. The van der Waals surface area contributed by atoms with E-state index in [0.29, 0.717) is 6.04 Å². The van der Waals surface area contributed by atoms with Crippen LogP contribution >= 0.6 is 0 Å². The number of amides is 1. The van der Waals surface area contributed by atoms with Crippen molar-refractivity contribution in [2.24, 2.45) is 5.92 Å². The van der Waals surface area contributed by atoms with Gasteiger partial charge in [0.15, 0.2) is 0 Å². The van der Waals surface area contributed by atoms with Gasteiger partial charge in [-0.15, -0.1) is 0 Å². The van der Waals surface area contributed by atoms with E-state index in [4.69, 9.17) is 4.74 Å². The first kappa shape index (κ1) is 15.4. The van der Waals surface area contributed by atoms with Gasteiger partial charge in [-0.2, -0.15) is 0 Å². The van der Waals surface area contributed by atoms with Crippen LogP contribution in [0.5, 0.6) is 0 Å². The summed E-state index contributed by atoms with van der Waals surface area (Å²) in [6.45, 7) is 1.87. The van der Waals surface area contributed by atoms with Crippen LogP contribution in [-0.2, 0) is 9.53 Å². The van der Waals surface area contributed by atoms with Crippen molar-refractivity contribution in [3.05, 3.63) is 0 Å². The molecule has 1 rings (SSSR count). The molecule has 0 aliphatic heterocycles. The van der Waals surface area contributed by atoms with E-state index in [1.807, 2.05) is 0 Å². The monoisotopic (exact) mass is 256 g/mol. The summed E-state index contributed by atoms with van der Waals surface area (Å²) in [6.07, 6.45) is 8.08. The Morgan fingerprint density at radius 2 is 2.00 bits per heavy atom. The van der Waals surface area contributed by atoms with Gasteiger partial charge in [0, 0.05) is 26.8 Å². The first-order valence-corrected chi connectivity index (χ1v) is 7.23. The molecule has 0 spiro atoms. The van der Waals surface area contributed by atoms with Crippen LogP contribution in [0.1, 0.15) is 44.9 Å². The second-order valence-electron chi connectivity index (χ2n) is 5.12. The van der Waals surface area contributed by atoms with Crippen LogP contribution in [0.15, 0.2) is 0 Å². The third-order valence-electron chi connectivity index (χ3n) is 3.78.